The van der Waals surface area contributed by atoms with Gasteiger partial charge in [0.2, 0.25) is 5.95 Å². The minimum absolute atomic E-state index is 0.0293. The number of aromatic nitrogens is 3. The van der Waals surface area contributed by atoms with Crippen LogP contribution in [0.15, 0.2) is 35.3 Å². The van der Waals surface area contributed by atoms with E-state index in [-0.39, 0.29) is 28.9 Å². The van der Waals surface area contributed by atoms with Gasteiger partial charge in [0.1, 0.15) is 23.1 Å². The second-order valence-corrected chi connectivity index (χ2v) is 8.56. The number of fused-ring (bicyclic) bond motifs is 1. The molecular weight excluding hydrogens is 395 g/mol. The molecule has 0 unspecified atom stereocenters. The molecule has 3 heterocycles. The van der Waals surface area contributed by atoms with E-state index in [9.17, 15) is 14.4 Å². The van der Waals surface area contributed by atoms with E-state index in [1.807, 2.05) is 11.0 Å². The third-order valence-electron chi connectivity index (χ3n) is 6.19. The summed E-state index contributed by atoms with van der Waals surface area (Å²) in [5.41, 5.74) is 1.42. The van der Waals surface area contributed by atoms with Crippen LogP contribution < -0.4 is 15.8 Å². The Labute approximate surface area is 179 Å². The number of pyridine rings is 1. The van der Waals surface area contributed by atoms with Gasteiger partial charge in [-0.05, 0) is 43.0 Å². The molecule has 2 aliphatic rings. The Morgan fingerprint density at radius 1 is 1.23 bits per heavy atom. The molecule has 8 heteroatoms. The zero-order chi connectivity index (χ0) is 21.5. The highest BCUT2D eigenvalue weighted by Crippen LogP contribution is 2.32. The fourth-order valence-corrected chi connectivity index (χ4v) is 4.63. The lowest BCUT2D eigenvalue weighted by atomic mass is 10.0. The van der Waals surface area contributed by atoms with Crippen molar-refractivity contribution in [3.8, 4) is 6.07 Å². The van der Waals surface area contributed by atoms with E-state index >= 15 is 0 Å². The van der Waals surface area contributed by atoms with E-state index < -0.39 is 0 Å². The van der Waals surface area contributed by atoms with Crippen molar-refractivity contribution in [1.29, 1.82) is 5.26 Å². The summed E-state index contributed by atoms with van der Waals surface area (Å²) in [4.78, 5) is 23.8. The zero-order valence-electron chi connectivity index (χ0n) is 17.3. The molecule has 1 N–H and O–H groups in total. The first-order chi connectivity index (χ1) is 15.0. The van der Waals surface area contributed by atoms with Crippen LogP contribution in [0, 0.1) is 23.1 Å². The number of nitriles is 1. The fraction of sp³-hybridized carbons (Fsp3) is 0.391. The number of rotatable bonds is 4. The van der Waals surface area contributed by atoms with Crippen molar-refractivity contribution >= 4 is 28.4 Å². The minimum atomic E-state index is -0.314. The van der Waals surface area contributed by atoms with E-state index in [4.69, 9.17) is 0 Å². The topological polar surface area (TPSA) is 86.8 Å². The molecule has 7 nitrogen and oxygen atoms in total. The molecule has 3 aromatic rings. The average molecular weight is 418 g/mol. The molecule has 1 aromatic carbocycles. The molecule has 0 radical (unpaired) electrons. The van der Waals surface area contributed by atoms with Crippen molar-refractivity contribution in [3.05, 3.63) is 52.2 Å². The molecule has 1 saturated carbocycles. The molecule has 158 valence electrons. The number of hydrogen-bond acceptors (Lipinski definition) is 6. The van der Waals surface area contributed by atoms with Crippen LogP contribution in [-0.4, -0.2) is 27.6 Å². The Kier molecular flexibility index (Phi) is 4.81. The second kappa shape index (κ2) is 7.65. The van der Waals surface area contributed by atoms with Gasteiger partial charge < -0.3 is 10.2 Å². The normalized spacial score (nSPS) is 17.0. The van der Waals surface area contributed by atoms with Gasteiger partial charge in [0, 0.05) is 36.4 Å². The van der Waals surface area contributed by atoms with Crippen LogP contribution in [0.4, 0.5) is 21.7 Å². The maximum absolute atomic E-state index is 14.6. The van der Waals surface area contributed by atoms with Crippen molar-refractivity contribution < 1.29 is 4.39 Å². The van der Waals surface area contributed by atoms with Crippen LogP contribution in [0.5, 0.6) is 0 Å². The number of nitrogens with one attached hydrogen (secondary N) is 1. The second-order valence-electron chi connectivity index (χ2n) is 8.56. The van der Waals surface area contributed by atoms with Crippen LogP contribution in [0.25, 0.3) is 11.0 Å². The standard InChI is InChI=1S/C23H23FN6O/c1-14-12-29(13-14)20-7-6-17(9-19(20)24)27-23-26-11-16-8-15(10-25)22(31)30(21(16)28-23)18-4-2-3-5-18/h6-9,11,14,18H,2-5,12-13H2,1H3,(H,26,27,28). The predicted molar refractivity (Wildman–Crippen MR) is 117 cm³/mol. The molecule has 1 aliphatic heterocycles. The summed E-state index contributed by atoms with van der Waals surface area (Å²) in [5, 5.41) is 13.1. The van der Waals surface area contributed by atoms with Gasteiger partial charge in [-0.1, -0.05) is 19.8 Å². The highest BCUT2D eigenvalue weighted by molar-refractivity contribution is 5.77. The first-order valence-electron chi connectivity index (χ1n) is 10.7. The Balaban J connectivity index is 1.50. The maximum atomic E-state index is 14.6. The average Bonchev–Trinajstić information content (AvgIpc) is 3.26. The first-order valence-corrected chi connectivity index (χ1v) is 10.7. The Hall–Kier alpha value is -3.47. The van der Waals surface area contributed by atoms with Crippen molar-refractivity contribution in [2.45, 2.75) is 38.6 Å². The van der Waals surface area contributed by atoms with Gasteiger partial charge in [-0.15, -0.1) is 0 Å². The molecule has 0 atom stereocenters. The SMILES string of the molecule is CC1CN(c2ccc(Nc3ncc4cc(C#N)c(=O)n(C5CCCC5)c4n3)cc2F)C1. The number of benzene rings is 1. The lowest BCUT2D eigenvalue weighted by molar-refractivity contribution is 0.439. The number of hydrogen-bond donors (Lipinski definition) is 1. The van der Waals surface area contributed by atoms with Crippen LogP contribution in [0.1, 0.15) is 44.2 Å². The molecule has 1 aliphatic carbocycles. The summed E-state index contributed by atoms with van der Waals surface area (Å²) >= 11 is 0. The monoisotopic (exact) mass is 418 g/mol. The molecule has 0 spiro atoms. The van der Waals surface area contributed by atoms with E-state index in [0.717, 1.165) is 38.8 Å². The summed E-state index contributed by atoms with van der Waals surface area (Å²) < 4.78 is 16.3. The van der Waals surface area contributed by atoms with Crippen molar-refractivity contribution in [1.82, 2.24) is 14.5 Å². The quantitative estimate of drug-likeness (QED) is 0.686. The van der Waals surface area contributed by atoms with Gasteiger partial charge >= 0.3 is 0 Å². The summed E-state index contributed by atoms with van der Waals surface area (Å²) in [7, 11) is 0. The smallest absolute Gasteiger partial charge is 0.270 e. The van der Waals surface area contributed by atoms with E-state index in [1.54, 1.807) is 22.9 Å². The van der Waals surface area contributed by atoms with E-state index in [2.05, 4.69) is 22.2 Å². The summed E-state index contributed by atoms with van der Waals surface area (Å²) in [6.45, 7) is 3.87. The van der Waals surface area contributed by atoms with Crippen molar-refractivity contribution in [2.75, 3.05) is 23.3 Å². The number of anilines is 3. The number of nitrogens with zero attached hydrogens (tertiary/aromatic N) is 5. The number of halogens is 1. The van der Waals surface area contributed by atoms with Crippen LogP contribution in [-0.2, 0) is 0 Å². The molecule has 1 saturated heterocycles. The van der Waals surface area contributed by atoms with Gasteiger partial charge in [0.25, 0.3) is 5.56 Å². The van der Waals surface area contributed by atoms with Gasteiger partial charge in [-0.2, -0.15) is 10.2 Å². The van der Waals surface area contributed by atoms with Crippen molar-refractivity contribution in [3.63, 3.8) is 0 Å². The van der Waals surface area contributed by atoms with Gasteiger partial charge in [-0.3, -0.25) is 9.36 Å². The third kappa shape index (κ3) is 3.50. The van der Waals surface area contributed by atoms with Gasteiger partial charge in [-0.25, -0.2) is 9.37 Å². The molecule has 0 amide bonds. The highest BCUT2D eigenvalue weighted by Gasteiger charge is 2.25. The minimum Gasteiger partial charge on any atom is -0.369 e. The Morgan fingerprint density at radius 2 is 2.00 bits per heavy atom. The molecule has 0 bridgehead atoms. The Morgan fingerprint density at radius 3 is 2.68 bits per heavy atom. The predicted octanol–water partition coefficient (Wildman–Crippen LogP) is 4.12. The lowest BCUT2D eigenvalue weighted by Gasteiger charge is -2.39. The highest BCUT2D eigenvalue weighted by atomic mass is 19.1. The molecule has 2 fully saturated rings. The Bertz CT molecular complexity index is 1250. The van der Waals surface area contributed by atoms with Gasteiger partial charge in [0.15, 0.2) is 0 Å². The van der Waals surface area contributed by atoms with Crippen LogP contribution in [0.2, 0.25) is 0 Å². The van der Waals surface area contributed by atoms with Crippen LogP contribution in [0.3, 0.4) is 0 Å². The van der Waals surface area contributed by atoms with Gasteiger partial charge in [0.05, 0.1) is 5.69 Å². The molecular formula is C23H23FN6O. The molecule has 2 aromatic heterocycles. The van der Waals surface area contributed by atoms with E-state index in [0.29, 0.717) is 28.3 Å². The summed E-state index contributed by atoms with van der Waals surface area (Å²) in [6, 6.07) is 8.56. The first kappa shape index (κ1) is 19.5. The lowest BCUT2D eigenvalue weighted by Crippen LogP contribution is -2.45. The van der Waals surface area contributed by atoms with Crippen molar-refractivity contribution in [2.24, 2.45) is 5.92 Å². The summed E-state index contributed by atoms with van der Waals surface area (Å²) in [5.74, 6) is 0.578. The fourth-order valence-electron chi connectivity index (χ4n) is 4.63. The molecule has 5 rings (SSSR count). The largest absolute Gasteiger partial charge is 0.369 e. The molecule has 31 heavy (non-hydrogen) atoms. The van der Waals surface area contributed by atoms with Crippen LogP contribution >= 0.6 is 0 Å². The third-order valence-corrected chi connectivity index (χ3v) is 6.19. The maximum Gasteiger partial charge on any atom is 0.270 e. The zero-order valence-corrected chi connectivity index (χ0v) is 17.3. The summed E-state index contributed by atoms with van der Waals surface area (Å²) in [6.07, 6.45) is 5.47. The van der Waals surface area contributed by atoms with E-state index in [1.165, 1.54) is 12.1 Å².